The Hall–Kier alpha value is -0.660. The van der Waals surface area contributed by atoms with Gasteiger partial charge in [-0.05, 0) is 34.6 Å². The van der Waals surface area contributed by atoms with Gasteiger partial charge in [0.05, 0.1) is 46.1 Å². The molecule has 0 spiro atoms. The van der Waals surface area contributed by atoms with Gasteiger partial charge in [-0.25, -0.2) is 4.79 Å². The van der Waals surface area contributed by atoms with Crippen LogP contribution in [0, 0.1) is 5.92 Å². The van der Waals surface area contributed by atoms with Crippen molar-refractivity contribution in [3.8, 4) is 0 Å². The Balaban J connectivity index is 2.95. The average molecular weight is 452 g/mol. The number of aliphatic hydroxyl groups excluding tert-OH is 1. The molecule has 0 aromatic carbocycles. The highest BCUT2D eigenvalue weighted by Crippen LogP contribution is 2.48. The predicted octanol–water partition coefficient (Wildman–Crippen LogP) is 3.73. The highest BCUT2D eigenvalue weighted by molar-refractivity contribution is 7.53. The molecular formula is C21H44N2O6P+. The molecule has 1 saturated heterocycles. The molecule has 0 bridgehead atoms. The molecule has 1 aliphatic rings. The van der Waals surface area contributed by atoms with Gasteiger partial charge < -0.3 is 23.4 Å². The standard InChI is InChI=1S/C21H44N2O6P/c1-9-27-30(26,28-10-2)13-11-12-23(8)15-18(16-24)22(14-19(23)17(3)4)20(25)29-21(5,6)7/h17-19,24H,9-16H2,1-8H3/q+1/t18-,19+,23?/m0/s1. The first-order valence-corrected chi connectivity index (χ1v) is 12.9. The van der Waals surface area contributed by atoms with Gasteiger partial charge in [-0.3, -0.25) is 9.46 Å². The highest BCUT2D eigenvalue weighted by atomic mass is 31.2. The van der Waals surface area contributed by atoms with Crippen LogP contribution in [0.25, 0.3) is 0 Å². The van der Waals surface area contributed by atoms with E-state index in [1.54, 1.807) is 4.90 Å². The Kier molecular flexibility index (Phi) is 10.3. The van der Waals surface area contributed by atoms with Crippen LogP contribution >= 0.6 is 7.60 Å². The second kappa shape index (κ2) is 11.3. The smallest absolute Gasteiger partial charge is 0.411 e. The van der Waals surface area contributed by atoms with Crippen LogP contribution in [0.1, 0.15) is 54.9 Å². The largest absolute Gasteiger partial charge is 0.444 e. The summed E-state index contributed by atoms with van der Waals surface area (Å²) >= 11 is 0. The summed E-state index contributed by atoms with van der Waals surface area (Å²) in [7, 11) is -0.919. The number of ether oxygens (including phenoxy) is 1. The topological polar surface area (TPSA) is 85.3 Å². The summed E-state index contributed by atoms with van der Waals surface area (Å²) in [5.74, 6) is 0.324. The summed E-state index contributed by atoms with van der Waals surface area (Å²) in [6.45, 7) is 16.0. The van der Waals surface area contributed by atoms with Crippen LogP contribution in [0.4, 0.5) is 4.79 Å². The number of hydrogen-bond acceptors (Lipinski definition) is 6. The summed E-state index contributed by atoms with van der Waals surface area (Å²) in [5.41, 5.74) is -0.584. The molecule has 1 aliphatic heterocycles. The molecule has 8 nitrogen and oxygen atoms in total. The van der Waals surface area contributed by atoms with Crippen LogP contribution in [0.15, 0.2) is 0 Å². The van der Waals surface area contributed by atoms with E-state index in [1.165, 1.54) is 0 Å². The van der Waals surface area contributed by atoms with Crippen molar-refractivity contribution in [1.82, 2.24) is 4.90 Å². The zero-order valence-corrected chi connectivity index (χ0v) is 21.1. The average Bonchev–Trinajstić information content (AvgIpc) is 2.59. The molecule has 1 rings (SSSR count). The molecule has 0 aromatic rings. The number of hydrogen-bond donors (Lipinski definition) is 1. The molecule has 1 unspecified atom stereocenters. The normalized spacial score (nSPS) is 25.6. The third-order valence-corrected chi connectivity index (χ3v) is 7.78. The Morgan fingerprint density at radius 2 is 1.80 bits per heavy atom. The number of likely N-dealkylation sites (N-methyl/N-ethyl adjacent to an activating group) is 1. The van der Waals surface area contributed by atoms with Crippen molar-refractivity contribution in [3.05, 3.63) is 0 Å². The number of piperazine rings is 1. The lowest BCUT2D eigenvalue weighted by atomic mass is 9.94. The van der Waals surface area contributed by atoms with Gasteiger partial charge in [-0.1, -0.05) is 13.8 Å². The van der Waals surface area contributed by atoms with E-state index >= 15 is 0 Å². The van der Waals surface area contributed by atoms with Crippen LogP contribution in [-0.2, 0) is 18.3 Å². The Morgan fingerprint density at radius 3 is 2.23 bits per heavy atom. The summed E-state index contributed by atoms with van der Waals surface area (Å²) in [6.07, 6.45) is 0.671. The van der Waals surface area contributed by atoms with Gasteiger partial charge in [0.15, 0.2) is 0 Å². The Bertz CT molecular complexity index is 585. The van der Waals surface area contributed by atoms with E-state index < -0.39 is 13.2 Å². The van der Waals surface area contributed by atoms with Gasteiger partial charge in [0.2, 0.25) is 0 Å². The predicted molar refractivity (Wildman–Crippen MR) is 119 cm³/mol. The first kappa shape index (κ1) is 27.4. The first-order valence-electron chi connectivity index (χ1n) is 11.1. The molecule has 1 heterocycles. The van der Waals surface area contributed by atoms with Gasteiger partial charge in [0.25, 0.3) is 0 Å². The third kappa shape index (κ3) is 7.79. The van der Waals surface area contributed by atoms with Crippen LogP contribution in [0.3, 0.4) is 0 Å². The monoisotopic (exact) mass is 451 g/mol. The van der Waals surface area contributed by atoms with Crippen LogP contribution in [0.2, 0.25) is 0 Å². The van der Waals surface area contributed by atoms with Crippen molar-refractivity contribution >= 4 is 13.7 Å². The van der Waals surface area contributed by atoms with Gasteiger partial charge in [-0.15, -0.1) is 0 Å². The van der Waals surface area contributed by atoms with E-state index in [0.717, 1.165) is 6.54 Å². The molecule has 3 atom stereocenters. The first-order chi connectivity index (χ1) is 13.8. The molecule has 1 amide bonds. The zero-order valence-electron chi connectivity index (χ0n) is 20.2. The molecule has 1 N–H and O–H groups in total. The van der Waals surface area contributed by atoms with Crippen LogP contribution in [-0.4, -0.2) is 90.9 Å². The minimum absolute atomic E-state index is 0.117. The maximum atomic E-state index is 12.8. The van der Waals surface area contributed by atoms with E-state index in [0.29, 0.717) is 49.3 Å². The number of rotatable bonds is 10. The number of quaternary nitrogens is 1. The van der Waals surface area contributed by atoms with E-state index in [9.17, 15) is 14.5 Å². The lowest BCUT2D eigenvalue weighted by Gasteiger charge is -2.52. The summed E-state index contributed by atoms with van der Waals surface area (Å²) in [4.78, 5) is 14.4. The number of carbonyl (C=O) groups is 1. The minimum atomic E-state index is -3.08. The fourth-order valence-electron chi connectivity index (χ4n) is 4.34. The maximum Gasteiger partial charge on any atom is 0.411 e. The van der Waals surface area contributed by atoms with E-state index in [-0.39, 0.29) is 24.8 Å². The van der Waals surface area contributed by atoms with Crippen molar-refractivity contribution in [2.75, 3.05) is 52.7 Å². The van der Waals surface area contributed by atoms with Crippen LogP contribution in [0.5, 0.6) is 0 Å². The van der Waals surface area contributed by atoms with Gasteiger partial charge in [-0.2, -0.15) is 0 Å². The fraction of sp³-hybridized carbons (Fsp3) is 0.952. The third-order valence-electron chi connectivity index (χ3n) is 5.61. The quantitative estimate of drug-likeness (QED) is 0.402. The molecule has 0 aliphatic carbocycles. The van der Waals surface area contributed by atoms with Crippen molar-refractivity contribution in [3.63, 3.8) is 0 Å². The minimum Gasteiger partial charge on any atom is -0.444 e. The van der Waals surface area contributed by atoms with Crippen molar-refractivity contribution in [2.24, 2.45) is 5.92 Å². The van der Waals surface area contributed by atoms with Gasteiger partial charge >= 0.3 is 13.7 Å². The number of amides is 1. The molecular weight excluding hydrogens is 407 g/mol. The molecule has 0 radical (unpaired) electrons. The number of aliphatic hydroxyl groups is 1. The second-order valence-corrected chi connectivity index (χ2v) is 11.9. The van der Waals surface area contributed by atoms with Crippen molar-refractivity contribution in [2.45, 2.75) is 72.6 Å². The fourth-order valence-corrected chi connectivity index (χ4v) is 5.98. The summed E-state index contributed by atoms with van der Waals surface area (Å²) < 4.78 is 29.9. The van der Waals surface area contributed by atoms with Crippen LogP contribution < -0.4 is 0 Å². The van der Waals surface area contributed by atoms with E-state index in [4.69, 9.17) is 13.8 Å². The molecule has 0 aromatic heterocycles. The second-order valence-electron chi connectivity index (χ2n) is 9.69. The van der Waals surface area contributed by atoms with Gasteiger partial charge in [0, 0.05) is 12.3 Å². The van der Waals surface area contributed by atoms with E-state index in [1.807, 2.05) is 34.6 Å². The van der Waals surface area contributed by atoms with Crippen molar-refractivity contribution < 1.29 is 32.7 Å². The zero-order chi connectivity index (χ0) is 23.2. The molecule has 30 heavy (non-hydrogen) atoms. The Morgan fingerprint density at radius 1 is 1.23 bits per heavy atom. The molecule has 178 valence electrons. The highest BCUT2D eigenvalue weighted by Gasteiger charge is 2.47. The molecule has 0 saturated carbocycles. The summed E-state index contributed by atoms with van der Waals surface area (Å²) in [6, 6.07) is -0.135. The molecule has 1 fully saturated rings. The van der Waals surface area contributed by atoms with E-state index in [2.05, 4.69) is 20.9 Å². The maximum absolute atomic E-state index is 12.8. The lowest BCUT2D eigenvalue weighted by molar-refractivity contribution is -0.943. The van der Waals surface area contributed by atoms with Crippen molar-refractivity contribution in [1.29, 1.82) is 0 Å². The number of carbonyl (C=O) groups excluding carboxylic acids is 1. The lowest BCUT2D eigenvalue weighted by Crippen LogP contribution is -2.70. The summed E-state index contributed by atoms with van der Waals surface area (Å²) in [5, 5.41) is 10.0. The van der Waals surface area contributed by atoms with Gasteiger partial charge in [0.1, 0.15) is 24.2 Å². The Labute approximate surface area is 183 Å². The SMILES string of the molecule is CCOP(=O)(CCC[N+]1(C)C[C@@H](CO)N(C(=O)OC(C)(C)C)C[C@@H]1C(C)C)OCC. The molecule has 9 heteroatoms. The number of nitrogens with zero attached hydrogens (tertiary/aromatic N) is 2.